The van der Waals surface area contributed by atoms with Crippen LogP contribution in [0, 0.1) is 0 Å². The maximum atomic E-state index is 11.2. The van der Waals surface area contributed by atoms with Gasteiger partial charge in [-0.3, -0.25) is 0 Å². The van der Waals surface area contributed by atoms with Gasteiger partial charge in [-0.2, -0.15) is 0 Å². The van der Waals surface area contributed by atoms with Gasteiger partial charge in [0, 0.05) is 10.9 Å². The van der Waals surface area contributed by atoms with Gasteiger partial charge in [0.15, 0.2) is 0 Å². The fourth-order valence-electron chi connectivity index (χ4n) is 2.06. The van der Waals surface area contributed by atoms with Gasteiger partial charge in [-0.1, -0.05) is 0 Å². The van der Waals surface area contributed by atoms with E-state index in [1.165, 1.54) is 18.2 Å². The monoisotopic (exact) mass is 270 g/mol. The smallest absolute Gasteiger partial charge is 0.339 e. The third-order valence-corrected chi connectivity index (χ3v) is 2.98. The molecule has 0 radical (unpaired) electrons. The second kappa shape index (κ2) is 4.31. The predicted molar refractivity (Wildman–Crippen MR) is 71.9 cm³/mol. The average molecular weight is 270 g/mol. The normalized spacial score (nSPS) is 10.8. The molecule has 5 nitrogen and oxygen atoms in total. The van der Waals surface area contributed by atoms with Gasteiger partial charge in [-0.05, 0) is 42.5 Å². The number of fused-ring (bicyclic) bond motifs is 1. The number of aromatic hydroxyl groups is 2. The van der Waals surface area contributed by atoms with Crippen molar-refractivity contribution >= 4 is 16.9 Å². The van der Waals surface area contributed by atoms with Crippen molar-refractivity contribution in [3.63, 3.8) is 0 Å². The number of carboxylic acids is 1. The van der Waals surface area contributed by atoms with E-state index >= 15 is 0 Å². The van der Waals surface area contributed by atoms with Crippen LogP contribution in [0.15, 0.2) is 46.9 Å². The lowest BCUT2D eigenvalue weighted by molar-refractivity contribution is 0.0697. The second-order valence-corrected chi connectivity index (χ2v) is 4.37. The Hall–Kier alpha value is -2.95. The summed E-state index contributed by atoms with van der Waals surface area (Å²) in [5.41, 5.74) is 0.818. The molecule has 5 heteroatoms. The molecule has 1 aromatic heterocycles. The van der Waals surface area contributed by atoms with Crippen molar-refractivity contribution in [3.8, 4) is 22.8 Å². The molecule has 0 unspecified atom stereocenters. The summed E-state index contributed by atoms with van der Waals surface area (Å²) >= 11 is 0. The van der Waals surface area contributed by atoms with Gasteiger partial charge in [0.1, 0.15) is 28.4 Å². The van der Waals surface area contributed by atoms with Crippen LogP contribution >= 0.6 is 0 Å². The van der Waals surface area contributed by atoms with Crippen LogP contribution in [0.2, 0.25) is 0 Å². The zero-order valence-corrected chi connectivity index (χ0v) is 10.2. The number of rotatable bonds is 2. The SMILES string of the molecule is O=C(O)c1cc(O)cc2cc(-c3ccc(O)cc3)oc12. The molecule has 0 saturated carbocycles. The molecule has 2 aromatic carbocycles. The van der Waals surface area contributed by atoms with Gasteiger partial charge in [0.2, 0.25) is 0 Å². The molecule has 100 valence electrons. The van der Waals surface area contributed by atoms with Crippen molar-refractivity contribution in [1.29, 1.82) is 0 Å². The molecule has 1 heterocycles. The first kappa shape index (κ1) is 12.1. The summed E-state index contributed by atoms with van der Waals surface area (Å²) in [5, 5.41) is 28.4. The molecule has 3 aromatic rings. The van der Waals surface area contributed by atoms with Crippen molar-refractivity contribution < 1.29 is 24.5 Å². The highest BCUT2D eigenvalue weighted by Crippen LogP contribution is 2.33. The Bertz CT molecular complexity index is 799. The summed E-state index contributed by atoms with van der Waals surface area (Å²) in [5.74, 6) is -0.702. The van der Waals surface area contributed by atoms with Gasteiger partial charge < -0.3 is 19.7 Å². The maximum absolute atomic E-state index is 11.2. The van der Waals surface area contributed by atoms with Gasteiger partial charge in [-0.15, -0.1) is 0 Å². The van der Waals surface area contributed by atoms with Crippen molar-refractivity contribution in [3.05, 3.63) is 48.0 Å². The molecule has 0 aliphatic heterocycles. The zero-order chi connectivity index (χ0) is 14.3. The van der Waals surface area contributed by atoms with E-state index in [0.717, 1.165) is 6.07 Å². The Morgan fingerprint density at radius 1 is 0.950 bits per heavy atom. The van der Waals surface area contributed by atoms with E-state index < -0.39 is 5.97 Å². The van der Waals surface area contributed by atoms with E-state index in [-0.39, 0.29) is 22.6 Å². The largest absolute Gasteiger partial charge is 0.508 e. The molecule has 3 N–H and O–H groups in total. The molecule has 20 heavy (non-hydrogen) atoms. The van der Waals surface area contributed by atoms with E-state index in [0.29, 0.717) is 16.7 Å². The summed E-state index contributed by atoms with van der Waals surface area (Å²) < 4.78 is 5.57. The number of benzene rings is 2. The minimum Gasteiger partial charge on any atom is -0.508 e. The Morgan fingerprint density at radius 3 is 2.30 bits per heavy atom. The highest BCUT2D eigenvalue weighted by atomic mass is 16.4. The number of furan rings is 1. The summed E-state index contributed by atoms with van der Waals surface area (Å²) in [6, 6.07) is 10.6. The fraction of sp³-hybridized carbons (Fsp3) is 0. The van der Waals surface area contributed by atoms with E-state index in [2.05, 4.69) is 0 Å². The predicted octanol–water partition coefficient (Wildman–Crippen LogP) is 3.21. The van der Waals surface area contributed by atoms with Gasteiger partial charge in [0.25, 0.3) is 0 Å². The lowest BCUT2D eigenvalue weighted by Gasteiger charge is -1.98. The maximum Gasteiger partial charge on any atom is 0.339 e. The lowest BCUT2D eigenvalue weighted by atomic mass is 10.1. The lowest BCUT2D eigenvalue weighted by Crippen LogP contribution is -1.95. The first-order valence-electron chi connectivity index (χ1n) is 5.84. The van der Waals surface area contributed by atoms with E-state index in [9.17, 15) is 15.0 Å². The standard InChI is InChI=1S/C15H10O5/c16-10-3-1-8(2-4-10)13-6-9-5-11(17)7-12(15(18)19)14(9)20-13/h1-7,16-17H,(H,18,19). The third kappa shape index (κ3) is 1.95. The topological polar surface area (TPSA) is 90.9 Å². The minimum atomic E-state index is -1.17. The van der Waals surface area contributed by atoms with Crippen LogP contribution in [0.5, 0.6) is 11.5 Å². The first-order chi connectivity index (χ1) is 9.54. The number of aromatic carboxylic acids is 1. The second-order valence-electron chi connectivity index (χ2n) is 4.37. The summed E-state index contributed by atoms with van der Waals surface area (Å²) in [6.07, 6.45) is 0. The molecule has 0 aliphatic rings. The van der Waals surface area contributed by atoms with Crippen molar-refractivity contribution in [1.82, 2.24) is 0 Å². The van der Waals surface area contributed by atoms with Crippen molar-refractivity contribution in [2.75, 3.05) is 0 Å². The van der Waals surface area contributed by atoms with Crippen LogP contribution in [-0.2, 0) is 0 Å². The van der Waals surface area contributed by atoms with Gasteiger partial charge in [0.05, 0.1) is 0 Å². The highest BCUT2D eigenvalue weighted by molar-refractivity contribution is 6.02. The highest BCUT2D eigenvalue weighted by Gasteiger charge is 2.16. The molecule has 0 saturated heterocycles. The summed E-state index contributed by atoms with van der Waals surface area (Å²) in [6.45, 7) is 0. The molecule has 0 bridgehead atoms. The van der Waals surface area contributed by atoms with Crippen LogP contribution in [0.1, 0.15) is 10.4 Å². The van der Waals surface area contributed by atoms with Crippen LogP contribution in [0.25, 0.3) is 22.3 Å². The van der Waals surface area contributed by atoms with E-state index in [1.54, 1.807) is 18.2 Å². The van der Waals surface area contributed by atoms with Crippen molar-refractivity contribution in [2.24, 2.45) is 0 Å². The molecule has 0 atom stereocenters. The number of hydrogen-bond acceptors (Lipinski definition) is 4. The minimum absolute atomic E-state index is 0.0926. The van der Waals surface area contributed by atoms with E-state index in [1.807, 2.05) is 0 Å². The number of phenols is 2. The molecule has 0 amide bonds. The zero-order valence-electron chi connectivity index (χ0n) is 10.2. The quantitative estimate of drug-likeness (QED) is 0.665. The number of carboxylic acid groups (broad SMARTS) is 1. The molecule has 0 fully saturated rings. The van der Waals surface area contributed by atoms with Crippen LogP contribution in [-0.4, -0.2) is 21.3 Å². The van der Waals surface area contributed by atoms with Crippen LogP contribution < -0.4 is 0 Å². The Balaban J connectivity index is 2.22. The van der Waals surface area contributed by atoms with E-state index in [4.69, 9.17) is 9.52 Å². The first-order valence-corrected chi connectivity index (χ1v) is 5.84. The number of phenolic OH excluding ortho intramolecular Hbond substituents is 2. The molecular formula is C15H10O5. The van der Waals surface area contributed by atoms with Crippen LogP contribution in [0.3, 0.4) is 0 Å². The third-order valence-electron chi connectivity index (χ3n) is 2.98. The van der Waals surface area contributed by atoms with Crippen LogP contribution in [0.4, 0.5) is 0 Å². The number of carbonyl (C=O) groups is 1. The molecule has 0 spiro atoms. The Labute approximate surface area is 113 Å². The van der Waals surface area contributed by atoms with Gasteiger partial charge >= 0.3 is 5.97 Å². The number of hydrogen-bond donors (Lipinski definition) is 3. The fourth-order valence-corrected chi connectivity index (χ4v) is 2.06. The van der Waals surface area contributed by atoms with Gasteiger partial charge in [-0.25, -0.2) is 4.79 Å². The summed E-state index contributed by atoms with van der Waals surface area (Å²) in [7, 11) is 0. The molecule has 0 aliphatic carbocycles. The molecule has 3 rings (SSSR count). The average Bonchev–Trinajstić information content (AvgIpc) is 2.81. The van der Waals surface area contributed by atoms with Crippen molar-refractivity contribution in [2.45, 2.75) is 0 Å². The Morgan fingerprint density at radius 2 is 1.65 bits per heavy atom. The molecular weight excluding hydrogens is 260 g/mol. The Kier molecular flexibility index (Phi) is 2.61. The summed E-state index contributed by atoms with van der Waals surface area (Å²) in [4.78, 5) is 11.2.